The van der Waals surface area contributed by atoms with Crippen molar-refractivity contribution in [2.75, 3.05) is 12.0 Å². The van der Waals surface area contributed by atoms with Gasteiger partial charge in [0, 0.05) is 0 Å². The molecule has 24 heavy (non-hydrogen) atoms. The van der Waals surface area contributed by atoms with Gasteiger partial charge in [-0.15, -0.1) is 0 Å². The van der Waals surface area contributed by atoms with Crippen molar-refractivity contribution in [3.63, 3.8) is 0 Å². The van der Waals surface area contributed by atoms with E-state index in [1.165, 1.54) is 11.8 Å². The number of carbonyl (C=O) groups excluding carboxylic acids is 1. The minimum atomic E-state index is -4.58. The highest BCUT2D eigenvalue weighted by atomic mass is 32.2. The molecule has 0 unspecified atom stereocenters. The number of esters is 1. The van der Waals surface area contributed by atoms with Crippen LogP contribution < -0.4 is 4.72 Å². The van der Waals surface area contributed by atoms with Crippen LogP contribution in [0.3, 0.4) is 0 Å². The number of hydrogen-bond donors (Lipinski definition) is 1. The van der Waals surface area contributed by atoms with Crippen LogP contribution in [0.4, 0.5) is 13.2 Å². The van der Waals surface area contributed by atoms with Gasteiger partial charge in [0.2, 0.25) is 10.0 Å². The normalized spacial score (nSPS) is 13.1. The van der Waals surface area contributed by atoms with Crippen LogP contribution in [-0.2, 0) is 19.6 Å². The number of hydrogen-bond acceptors (Lipinski definition) is 5. The summed E-state index contributed by atoms with van der Waals surface area (Å²) >= 11 is 1.37. The van der Waals surface area contributed by atoms with Crippen molar-refractivity contribution in [3.05, 3.63) is 29.6 Å². The number of benzene rings is 1. The standard InChI is InChI=1S/C14H18F3NO4S2/c1-8(2)22-14(19)10(6-7-23-3)18-24(20,21)11-5-4-9(15)12(16)13(11)17/h4-5,8,10,18H,6-7H2,1-3H3/t10-/m0/s1. The second-order valence-corrected chi connectivity index (χ2v) is 7.78. The number of ether oxygens (including phenoxy) is 1. The Bertz CT molecular complexity index is 696. The molecule has 0 heterocycles. The van der Waals surface area contributed by atoms with Crippen molar-refractivity contribution in [1.82, 2.24) is 4.72 Å². The van der Waals surface area contributed by atoms with Crippen LogP contribution >= 0.6 is 11.8 Å². The third-order valence-corrected chi connectivity index (χ3v) is 4.97. The molecule has 0 aliphatic rings. The Hall–Kier alpha value is -1.26. The van der Waals surface area contributed by atoms with Crippen LogP contribution in [0.5, 0.6) is 0 Å². The van der Waals surface area contributed by atoms with E-state index in [-0.39, 0.29) is 6.42 Å². The zero-order valence-electron chi connectivity index (χ0n) is 13.3. The molecule has 1 N–H and O–H groups in total. The maximum absolute atomic E-state index is 13.7. The van der Waals surface area contributed by atoms with Gasteiger partial charge in [0.15, 0.2) is 17.5 Å². The molecule has 0 aliphatic heterocycles. The van der Waals surface area contributed by atoms with Gasteiger partial charge < -0.3 is 4.74 Å². The summed E-state index contributed by atoms with van der Waals surface area (Å²) in [6.07, 6.45) is 1.38. The number of halogens is 3. The van der Waals surface area contributed by atoms with Crippen molar-refractivity contribution in [2.45, 2.75) is 37.3 Å². The zero-order valence-corrected chi connectivity index (χ0v) is 14.9. The maximum Gasteiger partial charge on any atom is 0.324 e. The summed E-state index contributed by atoms with van der Waals surface area (Å²) in [4.78, 5) is 10.9. The molecule has 0 amide bonds. The van der Waals surface area contributed by atoms with Crippen LogP contribution in [0, 0.1) is 17.5 Å². The molecular weight excluding hydrogens is 367 g/mol. The Morgan fingerprint density at radius 3 is 2.42 bits per heavy atom. The molecule has 5 nitrogen and oxygen atoms in total. The highest BCUT2D eigenvalue weighted by Gasteiger charge is 2.30. The van der Waals surface area contributed by atoms with Crippen molar-refractivity contribution < 1.29 is 31.1 Å². The van der Waals surface area contributed by atoms with Gasteiger partial charge in [-0.3, -0.25) is 4.79 Å². The predicted molar refractivity (Wildman–Crippen MR) is 84.7 cm³/mol. The number of carbonyl (C=O) groups is 1. The summed E-state index contributed by atoms with van der Waals surface area (Å²) in [5.41, 5.74) is 0. The topological polar surface area (TPSA) is 72.5 Å². The second-order valence-electron chi connectivity index (χ2n) is 5.11. The van der Waals surface area contributed by atoms with Gasteiger partial charge in [-0.25, -0.2) is 21.6 Å². The first-order valence-electron chi connectivity index (χ1n) is 6.95. The highest BCUT2D eigenvalue weighted by molar-refractivity contribution is 7.98. The molecule has 10 heteroatoms. The van der Waals surface area contributed by atoms with Crippen LogP contribution in [0.15, 0.2) is 17.0 Å². The first kappa shape index (κ1) is 20.8. The van der Waals surface area contributed by atoms with E-state index >= 15 is 0 Å². The number of rotatable bonds is 8. The Labute approximate surface area is 143 Å². The summed E-state index contributed by atoms with van der Waals surface area (Å²) in [5, 5.41) is 0. The van der Waals surface area contributed by atoms with Crippen molar-refractivity contribution in [2.24, 2.45) is 0 Å². The average molecular weight is 385 g/mol. The van der Waals surface area contributed by atoms with Crippen molar-refractivity contribution in [1.29, 1.82) is 0 Å². The predicted octanol–water partition coefficient (Wildman–Crippen LogP) is 2.46. The van der Waals surface area contributed by atoms with E-state index in [9.17, 15) is 26.4 Å². The van der Waals surface area contributed by atoms with Crippen LogP contribution in [0.1, 0.15) is 20.3 Å². The van der Waals surface area contributed by atoms with Crippen LogP contribution in [0.2, 0.25) is 0 Å². The molecule has 1 rings (SSSR count). The highest BCUT2D eigenvalue weighted by Crippen LogP contribution is 2.20. The molecule has 0 aromatic heterocycles. The molecule has 1 aromatic carbocycles. The monoisotopic (exact) mass is 385 g/mol. The first-order chi connectivity index (χ1) is 11.1. The lowest BCUT2D eigenvalue weighted by Crippen LogP contribution is -2.43. The van der Waals surface area contributed by atoms with Gasteiger partial charge in [0.25, 0.3) is 0 Å². The van der Waals surface area contributed by atoms with Crippen LogP contribution in [-0.4, -0.2) is 38.5 Å². The molecule has 0 fully saturated rings. The van der Waals surface area contributed by atoms with E-state index in [0.29, 0.717) is 17.9 Å². The van der Waals surface area contributed by atoms with E-state index < -0.39 is 50.5 Å². The molecule has 0 bridgehead atoms. The SMILES string of the molecule is CSCC[C@H](NS(=O)(=O)c1ccc(F)c(F)c1F)C(=O)OC(C)C. The van der Waals surface area contributed by atoms with E-state index in [4.69, 9.17) is 4.74 Å². The van der Waals surface area contributed by atoms with Gasteiger partial charge in [0.05, 0.1) is 6.10 Å². The molecule has 0 spiro atoms. The van der Waals surface area contributed by atoms with Crippen LogP contribution in [0.25, 0.3) is 0 Å². The molecule has 1 aromatic rings. The lowest BCUT2D eigenvalue weighted by Gasteiger charge is -2.19. The Balaban J connectivity index is 3.11. The molecular formula is C14H18F3NO4S2. The molecule has 0 radical (unpaired) electrons. The number of nitrogens with one attached hydrogen (secondary N) is 1. The summed E-state index contributed by atoms with van der Waals surface area (Å²) < 4.78 is 71.3. The van der Waals surface area contributed by atoms with Gasteiger partial charge in [-0.05, 0) is 44.4 Å². The lowest BCUT2D eigenvalue weighted by molar-refractivity contribution is -0.149. The van der Waals surface area contributed by atoms with E-state index in [1.54, 1.807) is 20.1 Å². The molecule has 0 saturated heterocycles. The third-order valence-electron chi connectivity index (χ3n) is 2.83. The number of thioether (sulfide) groups is 1. The fourth-order valence-corrected chi connectivity index (χ4v) is 3.50. The molecule has 1 atom stereocenters. The van der Waals surface area contributed by atoms with E-state index in [0.717, 1.165) is 0 Å². The maximum atomic E-state index is 13.7. The fraction of sp³-hybridized carbons (Fsp3) is 0.500. The second kappa shape index (κ2) is 8.72. The quantitative estimate of drug-likeness (QED) is 0.550. The van der Waals surface area contributed by atoms with Gasteiger partial charge in [-0.2, -0.15) is 16.5 Å². The first-order valence-corrected chi connectivity index (χ1v) is 9.83. The summed E-state index contributed by atoms with van der Waals surface area (Å²) in [6.45, 7) is 3.18. The fourth-order valence-electron chi connectivity index (χ4n) is 1.74. The molecule has 136 valence electrons. The summed E-state index contributed by atoms with van der Waals surface area (Å²) in [5.74, 6) is -5.65. The van der Waals surface area contributed by atoms with E-state index in [2.05, 4.69) is 0 Å². The Kier molecular flexibility index (Phi) is 7.56. The molecule has 0 aliphatic carbocycles. The minimum Gasteiger partial charge on any atom is -0.462 e. The summed E-state index contributed by atoms with van der Waals surface area (Å²) in [6, 6.07) is -0.177. The molecule has 0 saturated carbocycles. The van der Waals surface area contributed by atoms with Gasteiger partial charge in [-0.1, -0.05) is 0 Å². The largest absolute Gasteiger partial charge is 0.462 e. The van der Waals surface area contributed by atoms with Crippen molar-refractivity contribution in [3.8, 4) is 0 Å². The lowest BCUT2D eigenvalue weighted by atomic mass is 10.2. The smallest absolute Gasteiger partial charge is 0.324 e. The summed E-state index contributed by atoms with van der Waals surface area (Å²) in [7, 11) is -4.58. The van der Waals surface area contributed by atoms with Crippen molar-refractivity contribution >= 4 is 27.8 Å². The Morgan fingerprint density at radius 1 is 1.25 bits per heavy atom. The number of sulfonamides is 1. The van der Waals surface area contributed by atoms with E-state index in [1.807, 2.05) is 4.72 Å². The zero-order chi connectivity index (χ0) is 18.5. The van der Waals surface area contributed by atoms with Gasteiger partial charge >= 0.3 is 5.97 Å². The third kappa shape index (κ3) is 5.38. The minimum absolute atomic E-state index is 0.0945. The Morgan fingerprint density at radius 2 is 1.88 bits per heavy atom. The van der Waals surface area contributed by atoms with Gasteiger partial charge in [0.1, 0.15) is 10.9 Å². The average Bonchev–Trinajstić information content (AvgIpc) is 2.48.